The van der Waals surface area contributed by atoms with Gasteiger partial charge in [-0.15, -0.1) is 0 Å². The van der Waals surface area contributed by atoms with E-state index in [4.69, 9.17) is 5.73 Å². The van der Waals surface area contributed by atoms with Crippen molar-refractivity contribution in [1.82, 2.24) is 9.21 Å². The lowest BCUT2D eigenvalue weighted by molar-refractivity contribution is 0.302. The summed E-state index contributed by atoms with van der Waals surface area (Å²) in [5.74, 6) is 0. The number of sulfonamides is 1. The van der Waals surface area contributed by atoms with E-state index in [1.54, 1.807) is 29.4 Å². The minimum atomic E-state index is -3.43. The molecule has 0 spiro atoms. The first-order chi connectivity index (χ1) is 8.84. The maximum atomic E-state index is 12.6. The molecular weight excluding hydrogens is 262 g/mol. The van der Waals surface area contributed by atoms with Crippen LogP contribution in [0.2, 0.25) is 0 Å². The van der Waals surface area contributed by atoms with Crippen LogP contribution >= 0.6 is 0 Å². The van der Waals surface area contributed by atoms with Crippen LogP contribution in [0, 0.1) is 6.92 Å². The van der Waals surface area contributed by atoms with Crippen LogP contribution in [-0.2, 0) is 10.0 Å². The highest BCUT2D eigenvalue weighted by Gasteiger charge is 2.34. The smallest absolute Gasteiger partial charge is 0.243 e. The fraction of sp³-hybridized carbons (Fsp3) is 0.538. The summed E-state index contributed by atoms with van der Waals surface area (Å²) in [5, 5.41) is 0. The van der Waals surface area contributed by atoms with Gasteiger partial charge in [0.15, 0.2) is 0 Å². The minimum absolute atomic E-state index is 0.288. The molecule has 1 aromatic carbocycles. The minimum Gasteiger partial charge on any atom is -0.398 e. The number of hydrogen-bond acceptors (Lipinski definition) is 4. The molecule has 1 aliphatic rings. The molecule has 1 aromatic rings. The second kappa shape index (κ2) is 5.11. The first kappa shape index (κ1) is 14.3. The second-order valence-electron chi connectivity index (χ2n) is 5.24. The fourth-order valence-corrected chi connectivity index (χ4v) is 4.15. The van der Waals surface area contributed by atoms with E-state index in [0.29, 0.717) is 29.2 Å². The number of hydrogen-bond donors (Lipinski definition) is 1. The van der Waals surface area contributed by atoms with Crippen LogP contribution in [0.5, 0.6) is 0 Å². The molecule has 1 unspecified atom stereocenters. The number of benzene rings is 1. The molecule has 0 amide bonds. The monoisotopic (exact) mass is 283 g/mol. The van der Waals surface area contributed by atoms with E-state index in [1.165, 1.54) is 0 Å². The number of nitrogen functional groups attached to an aromatic ring is 1. The second-order valence-corrected chi connectivity index (χ2v) is 7.15. The lowest BCUT2D eigenvalue weighted by Crippen LogP contribution is -2.34. The molecule has 1 fully saturated rings. The zero-order valence-corrected chi connectivity index (χ0v) is 12.4. The van der Waals surface area contributed by atoms with Gasteiger partial charge in [-0.2, -0.15) is 4.31 Å². The van der Waals surface area contributed by atoms with Gasteiger partial charge in [-0.1, -0.05) is 6.07 Å². The van der Waals surface area contributed by atoms with Crippen molar-refractivity contribution < 1.29 is 8.42 Å². The van der Waals surface area contributed by atoms with Gasteiger partial charge < -0.3 is 10.6 Å². The Morgan fingerprint density at radius 2 is 2.05 bits per heavy atom. The van der Waals surface area contributed by atoms with Crippen molar-refractivity contribution in [3.8, 4) is 0 Å². The summed E-state index contributed by atoms with van der Waals surface area (Å²) >= 11 is 0. The Hall–Kier alpha value is -1.11. The highest BCUT2D eigenvalue weighted by Crippen LogP contribution is 2.27. The molecule has 0 radical (unpaired) electrons. The Kier molecular flexibility index (Phi) is 3.85. The number of nitrogens with two attached hydrogens (primary N) is 1. The summed E-state index contributed by atoms with van der Waals surface area (Å²) in [4.78, 5) is 2.40. The van der Waals surface area contributed by atoms with Gasteiger partial charge in [0, 0.05) is 24.8 Å². The zero-order chi connectivity index (χ0) is 14.2. The molecule has 5 nitrogen and oxygen atoms in total. The standard InChI is InChI=1S/C13H21N3O2S/c1-10-12(14)5-4-6-13(10)19(17,18)16-8-7-11(9-16)15(2)3/h4-6,11H,7-9,14H2,1-3H3. The van der Waals surface area contributed by atoms with Crippen molar-refractivity contribution in [2.45, 2.75) is 24.3 Å². The van der Waals surface area contributed by atoms with Crippen molar-refractivity contribution in [3.05, 3.63) is 23.8 Å². The lowest BCUT2D eigenvalue weighted by atomic mass is 10.2. The summed E-state index contributed by atoms with van der Waals surface area (Å²) in [7, 11) is 0.526. The van der Waals surface area contributed by atoms with Crippen LogP contribution in [0.25, 0.3) is 0 Å². The summed E-state index contributed by atoms with van der Waals surface area (Å²) in [6.07, 6.45) is 0.869. The Bertz CT molecular complexity index is 569. The molecular formula is C13H21N3O2S. The van der Waals surface area contributed by atoms with E-state index in [2.05, 4.69) is 4.90 Å². The van der Waals surface area contributed by atoms with E-state index in [9.17, 15) is 8.42 Å². The Labute approximate surface area is 115 Å². The van der Waals surface area contributed by atoms with Crippen molar-refractivity contribution >= 4 is 15.7 Å². The number of nitrogens with zero attached hydrogens (tertiary/aromatic N) is 2. The molecule has 1 aliphatic heterocycles. The van der Waals surface area contributed by atoms with Gasteiger partial charge in [-0.25, -0.2) is 8.42 Å². The third-order valence-electron chi connectivity index (χ3n) is 3.80. The van der Waals surface area contributed by atoms with Gasteiger partial charge >= 0.3 is 0 Å². The van der Waals surface area contributed by atoms with Crippen molar-refractivity contribution in [2.24, 2.45) is 0 Å². The van der Waals surface area contributed by atoms with E-state index in [0.717, 1.165) is 6.42 Å². The average Bonchev–Trinajstić information content (AvgIpc) is 2.82. The maximum absolute atomic E-state index is 12.6. The van der Waals surface area contributed by atoms with Crippen LogP contribution in [-0.4, -0.2) is 50.8 Å². The van der Waals surface area contributed by atoms with E-state index < -0.39 is 10.0 Å². The quantitative estimate of drug-likeness (QED) is 0.837. The third kappa shape index (κ3) is 2.61. The summed E-state index contributed by atoms with van der Waals surface area (Å²) < 4.78 is 26.8. The van der Waals surface area contributed by atoms with Crippen molar-refractivity contribution in [1.29, 1.82) is 0 Å². The number of rotatable bonds is 3. The number of anilines is 1. The highest BCUT2D eigenvalue weighted by molar-refractivity contribution is 7.89. The van der Waals surface area contributed by atoms with Gasteiger partial charge in [-0.05, 0) is 45.1 Å². The van der Waals surface area contributed by atoms with E-state index in [1.807, 2.05) is 14.1 Å². The van der Waals surface area contributed by atoms with Gasteiger partial charge in [0.05, 0.1) is 4.90 Å². The molecule has 0 aromatic heterocycles. The summed E-state index contributed by atoms with van der Waals surface area (Å²) in [6, 6.07) is 5.33. The average molecular weight is 283 g/mol. The predicted octanol–water partition coefficient (Wildman–Crippen LogP) is 0.902. The Morgan fingerprint density at radius 1 is 1.37 bits per heavy atom. The molecule has 2 rings (SSSR count). The summed E-state index contributed by atoms with van der Waals surface area (Å²) in [5.41, 5.74) is 6.95. The van der Waals surface area contributed by atoms with Gasteiger partial charge in [0.1, 0.15) is 0 Å². The van der Waals surface area contributed by atoms with Crippen LogP contribution in [0.3, 0.4) is 0 Å². The Balaban J connectivity index is 2.31. The molecule has 0 aliphatic carbocycles. The molecule has 19 heavy (non-hydrogen) atoms. The SMILES string of the molecule is Cc1c(N)cccc1S(=O)(=O)N1CCC(N(C)C)C1. The fourth-order valence-electron chi connectivity index (χ4n) is 2.40. The van der Waals surface area contributed by atoms with Crippen LogP contribution in [0.15, 0.2) is 23.1 Å². The van der Waals surface area contributed by atoms with Gasteiger partial charge in [0.2, 0.25) is 10.0 Å². The normalized spacial score (nSPS) is 21.2. The first-order valence-corrected chi connectivity index (χ1v) is 7.79. The largest absolute Gasteiger partial charge is 0.398 e. The lowest BCUT2D eigenvalue weighted by Gasteiger charge is -2.21. The third-order valence-corrected chi connectivity index (χ3v) is 5.81. The van der Waals surface area contributed by atoms with Crippen molar-refractivity contribution in [3.63, 3.8) is 0 Å². The van der Waals surface area contributed by atoms with Crippen LogP contribution in [0.4, 0.5) is 5.69 Å². The predicted molar refractivity (Wildman–Crippen MR) is 76.4 cm³/mol. The molecule has 6 heteroatoms. The maximum Gasteiger partial charge on any atom is 0.243 e. The van der Waals surface area contributed by atoms with Gasteiger partial charge in [0.25, 0.3) is 0 Å². The first-order valence-electron chi connectivity index (χ1n) is 6.35. The van der Waals surface area contributed by atoms with E-state index >= 15 is 0 Å². The van der Waals surface area contributed by atoms with E-state index in [-0.39, 0.29) is 6.04 Å². The molecule has 0 saturated carbocycles. The summed E-state index contributed by atoms with van der Waals surface area (Å²) in [6.45, 7) is 2.87. The molecule has 1 saturated heterocycles. The van der Waals surface area contributed by atoms with Crippen molar-refractivity contribution in [2.75, 3.05) is 32.9 Å². The molecule has 0 bridgehead atoms. The molecule has 2 N–H and O–H groups in total. The zero-order valence-electron chi connectivity index (χ0n) is 11.6. The topological polar surface area (TPSA) is 66.6 Å². The molecule has 1 heterocycles. The Morgan fingerprint density at radius 3 is 2.63 bits per heavy atom. The molecule has 106 valence electrons. The van der Waals surface area contributed by atoms with Gasteiger partial charge in [-0.3, -0.25) is 0 Å². The highest BCUT2D eigenvalue weighted by atomic mass is 32.2. The van der Waals surface area contributed by atoms with Crippen LogP contribution in [0.1, 0.15) is 12.0 Å². The molecule has 1 atom stereocenters. The van der Waals surface area contributed by atoms with Crippen LogP contribution < -0.4 is 5.73 Å². The number of likely N-dealkylation sites (N-methyl/N-ethyl adjacent to an activating group) is 1.